The van der Waals surface area contributed by atoms with Gasteiger partial charge < -0.3 is 9.64 Å². The summed E-state index contributed by atoms with van der Waals surface area (Å²) in [7, 11) is -1.99. The molecular weight excluding hydrogens is 625 g/mol. The van der Waals surface area contributed by atoms with Gasteiger partial charge in [0.05, 0.1) is 29.0 Å². The molecule has 258 valence electrons. The minimum atomic E-state index is -3.57. The summed E-state index contributed by atoms with van der Waals surface area (Å²) < 4.78 is 33.9. The number of piperidine rings is 2. The van der Waals surface area contributed by atoms with Gasteiger partial charge in [-0.2, -0.15) is 4.31 Å². The van der Waals surface area contributed by atoms with Crippen molar-refractivity contribution in [2.45, 2.75) is 75.9 Å². The first-order chi connectivity index (χ1) is 23.0. The van der Waals surface area contributed by atoms with Gasteiger partial charge in [-0.05, 0) is 89.1 Å². The maximum absolute atomic E-state index is 13.5. The molecule has 1 amide bonds. The third-order valence-corrected chi connectivity index (χ3v) is 13.1. The highest BCUT2D eigenvalue weighted by atomic mass is 32.2. The summed E-state index contributed by atoms with van der Waals surface area (Å²) in [5.41, 5.74) is 3.45. The molecule has 10 nitrogen and oxygen atoms in total. The van der Waals surface area contributed by atoms with Crippen molar-refractivity contribution in [2.24, 2.45) is 5.92 Å². The van der Waals surface area contributed by atoms with Gasteiger partial charge in [0.25, 0.3) is 5.91 Å². The number of aromatic nitrogens is 2. The van der Waals surface area contributed by atoms with E-state index < -0.39 is 10.0 Å². The van der Waals surface area contributed by atoms with Crippen LogP contribution in [-0.4, -0.2) is 108 Å². The van der Waals surface area contributed by atoms with Crippen molar-refractivity contribution < 1.29 is 17.9 Å². The predicted molar refractivity (Wildman–Crippen MR) is 186 cm³/mol. The summed E-state index contributed by atoms with van der Waals surface area (Å²) >= 11 is 0. The molecule has 3 saturated heterocycles. The molecule has 48 heavy (non-hydrogen) atoms. The summed E-state index contributed by atoms with van der Waals surface area (Å²) in [4.78, 5) is 29.6. The fourth-order valence-corrected chi connectivity index (χ4v) is 9.63. The van der Waals surface area contributed by atoms with E-state index in [2.05, 4.69) is 63.9 Å². The van der Waals surface area contributed by atoms with Crippen molar-refractivity contribution in [1.82, 2.24) is 29.0 Å². The Morgan fingerprint density at radius 2 is 1.52 bits per heavy atom. The molecule has 3 aliphatic heterocycles. The molecule has 0 bridgehead atoms. The van der Waals surface area contributed by atoms with Gasteiger partial charge in [-0.15, -0.1) is 0 Å². The number of aryl methyl sites for hydroxylation is 2. The van der Waals surface area contributed by atoms with Gasteiger partial charge in [0.15, 0.2) is 0 Å². The van der Waals surface area contributed by atoms with Gasteiger partial charge in [-0.25, -0.2) is 18.4 Å². The average Bonchev–Trinajstić information content (AvgIpc) is 3.10. The first-order valence-corrected chi connectivity index (χ1v) is 18.7. The van der Waals surface area contributed by atoms with E-state index in [9.17, 15) is 13.2 Å². The molecule has 3 fully saturated rings. The smallest absolute Gasteiger partial charge is 0.257 e. The number of rotatable bonds is 8. The number of ether oxygens (including phenoxy) is 1. The fourth-order valence-electron chi connectivity index (χ4n) is 8.16. The molecule has 4 heterocycles. The zero-order valence-electron chi connectivity index (χ0n) is 29.0. The van der Waals surface area contributed by atoms with E-state index in [1.807, 2.05) is 18.7 Å². The Balaban J connectivity index is 1.11. The molecule has 2 atom stereocenters. The first kappa shape index (κ1) is 34.5. The maximum atomic E-state index is 13.5. The second-order valence-corrected chi connectivity index (χ2v) is 16.0. The van der Waals surface area contributed by atoms with Crippen molar-refractivity contribution >= 4 is 15.9 Å². The van der Waals surface area contributed by atoms with Crippen LogP contribution in [0.5, 0.6) is 5.75 Å². The number of amides is 1. The molecule has 2 aromatic carbocycles. The summed E-state index contributed by atoms with van der Waals surface area (Å²) in [6, 6.07) is 18.0. The molecule has 0 spiro atoms. The van der Waals surface area contributed by atoms with E-state index in [0.717, 1.165) is 69.8 Å². The molecule has 0 unspecified atom stereocenters. The van der Waals surface area contributed by atoms with E-state index in [0.29, 0.717) is 41.3 Å². The van der Waals surface area contributed by atoms with E-state index in [1.54, 1.807) is 35.7 Å². The van der Waals surface area contributed by atoms with Crippen molar-refractivity contribution in [3.8, 4) is 5.75 Å². The third kappa shape index (κ3) is 6.88. The molecule has 6 rings (SSSR count). The van der Waals surface area contributed by atoms with Crippen LogP contribution in [0, 0.1) is 19.8 Å². The first-order valence-electron chi connectivity index (χ1n) is 17.3. The number of methoxy groups -OCH3 is 1. The number of likely N-dealkylation sites (tertiary alicyclic amines) is 1. The van der Waals surface area contributed by atoms with Gasteiger partial charge in [0.2, 0.25) is 10.0 Å². The summed E-state index contributed by atoms with van der Waals surface area (Å²) in [5.74, 6) is 1.03. The van der Waals surface area contributed by atoms with E-state index >= 15 is 0 Å². The lowest BCUT2D eigenvalue weighted by molar-refractivity contribution is -0.0421. The van der Waals surface area contributed by atoms with Gasteiger partial charge in [0.1, 0.15) is 12.1 Å². The van der Waals surface area contributed by atoms with Gasteiger partial charge in [0, 0.05) is 63.4 Å². The molecule has 0 N–H and O–H groups in total. The Morgan fingerprint density at radius 3 is 2.10 bits per heavy atom. The number of nitrogens with zero attached hydrogens (tertiary/aromatic N) is 6. The van der Waals surface area contributed by atoms with Crippen molar-refractivity contribution in [3.05, 3.63) is 83.4 Å². The lowest BCUT2D eigenvalue weighted by atomic mass is 9.82. The van der Waals surface area contributed by atoms with Gasteiger partial charge >= 0.3 is 0 Å². The molecule has 1 aromatic heterocycles. The van der Waals surface area contributed by atoms with Crippen LogP contribution in [0.2, 0.25) is 0 Å². The highest BCUT2D eigenvalue weighted by Crippen LogP contribution is 2.40. The van der Waals surface area contributed by atoms with E-state index in [-0.39, 0.29) is 17.5 Å². The lowest BCUT2D eigenvalue weighted by Gasteiger charge is -2.54. The quantitative estimate of drug-likeness (QED) is 0.331. The Hall–Kier alpha value is -3.38. The SMILES string of the molecule is COc1ccc(S(=O)(=O)N2CCC([C@H](c3ccccc3)N3CCN(C4(C)CCN(C(=O)c5c(C)ncnc5C)CC4)C[C@@H]3C)CC2)cc1. The Kier molecular flexibility index (Phi) is 10.2. The van der Waals surface area contributed by atoms with Crippen molar-refractivity contribution in [1.29, 1.82) is 0 Å². The van der Waals surface area contributed by atoms with Crippen LogP contribution in [0.15, 0.2) is 65.8 Å². The molecular formula is C37H50N6O4S. The van der Waals surface area contributed by atoms with Crippen LogP contribution < -0.4 is 4.74 Å². The second kappa shape index (κ2) is 14.2. The van der Waals surface area contributed by atoms with Gasteiger partial charge in [-0.3, -0.25) is 14.6 Å². The lowest BCUT2D eigenvalue weighted by Crippen LogP contribution is -2.63. The van der Waals surface area contributed by atoms with Crippen molar-refractivity contribution in [3.63, 3.8) is 0 Å². The number of sulfonamides is 1. The Labute approximate surface area is 286 Å². The second-order valence-electron chi connectivity index (χ2n) is 14.0. The van der Waals surface area contributed by atoms with E-state index in [1.165, 1.54) is 11.9 Å². The predicted octanol–water partition coefficient (Wildman–Crippen LogP) is 4.95. The van der Waals surface area contributed by atoms with Crippen LogP contribution in [0.4, 0.5) is 0 Å². The molecule has 3 aliphatic rings. The minimum Gasteiger partial charge on any atom is -0.497 e. The molecule has 0 aliphatic carbocycles. The largest absolute Gasteiger partial charge is 0.497 e. The number of hydrogen-bond acceptors (Lipinski definition) is 8. The minimum absolute atomic E-state index is 0.0256. The maximum Gasteiger partial charge on any atom is 0.257 e. The van der Waals surface area contributed by atoms with Crippen LogP contribution in [0.25, 0.3) is 0 Å². The fraction of sp³-hybridized carbons (Fsp3) is 0.541. The monoisotopic (exact) mass is 674 g/mol. The van der Waals surface area contributed by atoms with Crippen LogP contribution in [0.3, 0.4) is 0 Å². The number of carbonyl (C=O) groups is 1. The van der Waals surface area contributed by atoms with Crippen LogP contribution >= 0.6 is 0 Å². The zero-order chi connectivity index (χ0) is 34.1. The summed E-state index contributed by atoms with van der Waals surface area (Å²) in [6.07, 6.45) is 5.01. The van der Waals surface area contributed by atoms with Gasteiger partial charge in [-0.1, -0.05) is 30.3 Å². The summed E-state index contributed by atoms with van der Waals surface area (Å²) in [6.45, 7) is 13.8. The van der Waals surface area contributed by atoms with E-state index in [4.69, 9.17) is 4.74 Å². The third-order valence-electron chi connectivity index (χ3n) is 11.2. The highest BCUT2D eigenvalue weighted by Gasteiger charge is 2.43. The molecule has 11 heteroatoms. The Morgan fingerprint density at radius 1 is 0.896 bits per heavy atom. The van der Waals surface area contributed by atoms with Crippen molar-refractivity contribution in [2.75, 3.05) is 52.9 Å². The molecule has 0 radical (unpaired) electrons. The van der Waals surface area contributed by atoms with Crippen LogP contribution in [0.1, 0.15) is 72.9 Å². The average molecular weight is 675 g/mol. The zero-order valence-corrected chi connectivity index (χ0v) is 29.8. The normalized spacial score (nSPS) is 22.4. The molecule has 0 saturated carbocycles. The van der Waals surface area contributed by atoms with Crippen LogP contribution in [-0.2, 0) is 10.0 Å². The molecule has 3 aromatic rings. The summed E-state index contributed by atoms with van der Waals surface area (Å²) in [5, 5.41) is 0. The Bertz CT molecular complexity index is 1650. The topological polar surface area (TPSA) is 99.2 Å². The number of benzene rings is 2. The number of carbonyl (C=O) groups excluding carboxylic acids is 1. The number of piperazine rings is 1. The number of hydrogen-bond donors (Lipinski definition) is 0. The standard InChI is InChI=1S/C37H50N6O4S/c1-27-25-41(37(4)17-21-40(22-18-37)36(44)34-28(2)38-26-39-29(34)3)23-24-43(27)35(30-9-7-6-8-10-30)31-15-19-42(20-16-31)48(45,46)33-13-11-32(47-5)12-14-33/h6-14,26-27,31,35H,15-25H2,1-5H3/t27-,35-/m0/s1. The highest BCUT2D eigenvalue weighted by molar-refractivity contribution is 7.89.